The number of carboxylic acid groups (broad SMARTS) is 1. The second kappa shape index (κ2) is 12.4. The van der Waals surface area contributed by atoms with Gasteiger partial charge >= 0.3 is 5.97 Å². The molecule has 2 aromatic carbocycles. The summed E-state index contributed by atoms with van der Waals surface area (Å²) in [5, 5.41) is 25.6. The Labute approximate surface area is 215 Å². The Morgan fingerprint density at radius 1 is 1.14 bits per heavy atom. The van der Waals surface area contributed by atoms with Crippen LogP contribution >= 0.6 is 0 Å². The van der Waals surface area contributed by atoms with E-state index in [4.69, 9.17) is 4.74 Å². The summed E-state index contributed by atoms with van der Waals surface area (Å²) in [6, 6.07) is 13.9. The second-order valence-electron chi connectivity index (χ2n) is 9.39. The first kappa shape index (κ1) is 26.2. The SMILES string of the molecule is O=C(O)C[C@@H](CCCc1ccc(O)cc1)C(=O)N[C@H]1Cc2cn(c3ccccc23)CCOCCNC1=O. The molecular formula is C28H33N3O6. The highest BCUT2D eigenvalue weighted by Crippen LogP contribution is 2.23. The van der Waals surface area contributed by atoms with Crippen molar-refractivity contribution in [2.75, 3.05) is 19.8 Å². The van der Waals surface area contributed by atoms with Crippen molar-refractivity contribution in [2.45, 2.75) is 44.7 Å². The van der Waals surface area contributed by atoms with Gasteiger partial charge in [-0.3, -0.25) is 14.4 Å². The van der Waals surface area contributed by atoms with Crippen LogP contribution in [0.25, 0.3) is 10.9 Å². The first-order valence-electron chi connectivity index (χ1n) is 12.6. The van der Waals surface area contributed by atoms with Crippen LogP contribution in [0.2, 0.25) is 0 Å². The zero-order valence-electron chi connectivity index (χ0n) is 20.7. The van der Waals surface area contributed by atoms with Gasteiger partial charge in [-0.2, -0.15) is 0 Å². The first-order valence-corrected chi connectivity index (χ1v) is 12.6. The van der Waals surface area contributed by atoms with Gasteiger partial charge in [0.2, 0.25) is 11.8 Å². The maximum Gasteiger partial charge on any atom is 0.304 e. The molecule has 196 valence electrons. The van der Waals surface area contributed by atoms with E-state index >= 15 is 0 Å². The number of benzene rings is 2. The number of hydrogen-bond acceptors (Lipinski definition) is 5. The van der Waals surface area contributed by atoms with Gasteiger partial charge in [-0.05, 0) is 48.6 Å². The minimum absolute atomic E-state index is 0.178. The molecule has 0 aliphatic carbocycles. The number of ether oxygens (including phenoxy) is 1. The summed E-state index contributed by atoms with van der Waals surface area (Å²) in [4.78, 5) is 37.9. The summed E-state index contributed by atoms with van der Waals surface area (Å²) in [5.74, 6) is -2.42. The van der Waals surface area contributed by atoms with Gasteiger partial charge in [0.05, 0.1) is 19.6 Å². The highest BCUT2D eigenvalue weighted by molar-refractivity contribution is 5.91. The number of nitrogens with zero attached hydrogens (tertiary/aromatic N) is 1. The smallest absolute Gasteiger partial charge is 0.304 e. The van der Waals surface area contributed by atoms with Gasteiger partial charge in [-0.15, -0.1) is 0 Å². The molecule has 0 saturated heterocycles. The van der Waals surface area contributed by atoms with E-state index in [0.717, 1.165) is 22.0 Å². The summed E-state index contributed by atoms with van der Waals surface area (Å²) in [6.07, 6.45) is 3.57. The second-order valence-corrected chi connectivity index (χ2v) is 9.39. The molecule has 4 rings (SSSR count). The van der Waals surface area contributed by atoms with Crippen molar-refractivity contribution in [3.8, 4) is 5.75 Å². The first-order chi connectivity index (χ1) is 17.9. The van der Waals surface area contributed by atoms with Crippen LogP contribution in [0.3, 0.4) is 0 Å². The monoisotopic (exact) mass is 507 g/mol. The maximum atomic E-state index is 13.3. The molecule has 3 aromatic rings. The van der Waals surface area contributed by atoms with E-state index in [2.05, 4.69) is 15.2 Å². The highest BCUT2D eigenvalue weighted by Gasteiger charge is 2.28. The van der Waals surface area contributed by atoms with E-state index in [1.54, 1.807) is 24.3 Å². The molecule has 9 heteroatoms. The number of carboxylic acids is 1. The van der Waals surface area contributed by atoms with Gasteiger partial charge in [0, 0.05) is 42.5 Å². The van der Waals surface area contributed by atoms with Crippen LogP contribution in [-0.2, 0) is 38.5 Å². The lowest BCUT2D eigenvalue weighted by Crippen LogP contribution is -2.50. The van der Waals surface area contributed by atoms with E-state index in [-0.39, 0.29) is 18.1 Å². The molecule has 2 amide bonds. The average Bonchev–Trinajstić information content (AvgIpc) is 3.22. The fraction of sp³-hybridized carbons (Fsp3) is 0.393. The number of para-hydroxylation sites is 1. The predicted octanol–water partition coefficient (Wildman–Crippen LogP) is 2.63. The number of hydrogen-bond donors (Lipinski definition) is 4. The molecule has 9 nitrogen and oxygen atoms in total. The number of carbonyl (C=O) groups is 3. The van der Waals surface area contributed by atoms with Crippen LogP contribution in [0, 0.1) is 5.92 Å². The number of aliphatic carboxylic acids is 1. The molecule has 0 fully saturated rings. The molecular weight excluding hydrogens is 474 g/mol. The van der Waals surface area contributed by atoms with Gasteiger partial charge in [0.15, 0.2) is 0 Å². The number of fused-ring (bicyclic) bond motifs is 5. The highest BCUT2D eigenvalue weighted by atomic mass is 16.5. The number of aromatic nitrogens is 1. The average molecular weight is 508 g/mol. The van der Waals surface area contributed by atoms with E-state index in [0.29, 0.717) is 52.0 Å². The summed E-state index contributed by atoms with van der Waals surface area (Å²) in [6.45, 7) is 1.88. The van der Waals surface area contributed by atoms with Crippen LogP contribution in [-0.4, -0.2) is 58.4 Å². The van der Waals surface area contributed by atoms with E-state index in [9.17, 15) is 24.6 Å². The fourth-order valence-corrected chi connectivity index (χ4v) is 4.78. The molecule has 4 N–H and O–H groups in total. The molecule has 2 atom stereocenters. The minimum atomic E-state index is -1.06. The number of amides is 2. The third kappa shape index (κ3) is 7.10. The van der Waals surface area contributed by atoms with Gasteiger partial charge in [-0.1, -0.05) is 30.3 Å². The van der Waals surface area contributed by atoms with Gasteiger partial charge in [0.25, 0.3) is 0 Å². The standard InChI is InChI=1S/C28H33N3O6/c32-22-10-8-19(9-11-22)4-3-5-20(17-26(33)34)27(35)30-24-16-21-18-31(25-7-2-1-6-23(21)25)13-15-37-14-12-29-28(24)36/h1-2,6-11,18,20,24,32H,3-5,12-17H2,(H,29,36)(H,30,35)(H,33,34)/t20-,24+/m1/s1. The number of rotatable bonds is 8. The molecule has 1 aliphatic rings. The normalized spacial score (nSPS) is 17.3. The Morgan fingerprint density at radius 3 is 2.70 bits per heavy atom. The molecule has 0 saturated carbocycles. The summed E-state index contributed by atoms with van der Waals surface area (Å²) < 4.78 is 7.75. The molecule has 2 heterocycles. The van der Waals surface area contributed by atoms with Crippen LogP contribution in [0.1, 0.15) is 30.4 Å². The Morgan fingerprint density at radius 2 is 1.92 bits per heavy atom. The number of aryl methyl sites for hydroxylation is 1. The Bertz CT molecular complexity index is 1240. The molecule has 2 bridgehead atoms. The summed E-state index contributed by atoms with van der Waals surface area (Å²) in [5.41, 5.74) is 2.95. The van der Waals surface area contributed by atoms with Crippen LogP contribution in [0.5, 0.6) is 5.75 Å². The van der Waals surface area contributed by atoms with Crippen LogP contribution in [0.15, 0.2) is 54.7 Å². The number of phenols is 1. The lowest BCUT2D eigenvalue weighted by molar-refractivity contribution is -0.141. The minimum Gasteiger partial charge on any atom is -0.508 e. The van der Waals surface area contributed by atoms with Crippen molar-refractivity contribution in [3.63, 3.8) is 0 Å². The third-order valence-corrected chi connectivity index (χ3v) is 6.70. The topological polar surface area (TPSA) is 130 Å². The van der Waals surface area contributed by atoms with Gasteiger partial charge in [-0.25, -0.2) is 0 Å². The Hall–Kier alpha value is -3.85. The number of phenolic OH excluding ortho intramolecular Hbond substituents is 1. The Balaban J connectivity index is 1.49. The lowest BCUT2D eigenvalue weighted by atomic mass is 9.94. The van der Waals surface area contributed by atoms with Crippen molar-refractivity contribution in [2.24, 2.45) is 5.92 Å². The third-order valence-electron chi connectivity index (χ3n) is 6.70. The molecule has 37 heavy (non-hydrogen) atoms. The van der Waals surface area contributed by atoms with Crippen molar-refractivity contribution < 1.29 is 29.3 Å². The fourth-order valence-electron chi connectivity index (χ4n) is 4.78. The van der Waals surface area contributed by atoms with Crippen molar-refractivity contribution in [1.82, 2.24) is 15.2 Å². The number of aromatic hydroxyl groups is 1. The summed E-state index contributed by atoms with van der Waals surface area (Å²) >= 11 is 0. The quantitative estimate of drug-likeness (QED) is 0.371. The Kier molecular flexibility index (Phi) is 8.79. The van der Waals surface area contributed by atoms with E-state index in [1.165, 1.54) is 0 Å². The predicted molar refractivity (Wildman–Crippen MR) is 138 cm³/mol. The van der Waals surface area contributed by atoms with Crippen molar-refractivity contribution in [1.29, 1.82) is 0 Å². The van der Waals surface area contributed by atoms with Gasteiger partial charge in [0.1, 0.15) is 11.8 Å². The van der Waals surface area contributed by atoms with Crippen LogP contribution in [0.4, 0.5) is 0 Å². The largest absolute Gasteiger partial charge is 0.508 e. The molecule has 0 radical (unpaired) electrons. The zero-order valence-corrected chi connectivity index (χ0v) is 20.7. The van der Waals surface area contributed by atoms with Crippen molar-refractivity contribution >= 4 is 28.7 Å². The molecule has 1 aliphatic heterocycles. The maximum absolute atomic E-state index is 13.3. The summed E-state index contributed by atoms with van der Waals surface area (Å²) in [7, 11) is 0. The number of carbonyl (C=O) groups excluding carboxylic acids is 2. The zero-order chi connectivity index (χ0) is 26.2. The van der Waals surface area contributed by atoms with Crippen LogP contribution < -0.4 is 10.6 Å². The van der Waals surface area contributed by atoms with E-state index in [1.807, 2.05) is 30.5 Å². The van der Waals surface area contributed by atoms with Crippen molar-refractivity contribution in [3.05, 3.63) is 65.9 Å². The van der Waals surface area contributed by atoms with Gasteiger partial charge < -0.3 is 30.2 Å². The molecule has 0 unspecified atom stereocenters. The molecule has 1 aromatic heterocycles. The molecule has 0 spiro atoms. The van der Waals surface area contributed by atoms with E-state index < -0.39 is 23.8 Å². The number of nitrogens with one attached hydrogen (secondary N) is 2. The lowest BCUT2D eigenvalue weighted by Gasteiger charge is -2.22.